The van der Waals surface area contributed by atoms with Crippen LogP contribution in [0.1, 0.15) is 16.1 Å². The van der Waals surface area contributed by atoms with Crippen molar-refractivity contribution < 1.29 is 4.79 Å². The first kappa shape index (κ1) is 17.4. The monoisotopic (exact) mass is 354 g/mol. The summed E-state index contributed by atoms with van der Waals surface area (Å²) in [5, 5.41) is 9.22. The van der Waals surface area contributed by atoms with Gasteiger partial charge < -0.3 is 9.80 Å². The molecule has 0 aliphatic rings. The van der Waals surface area contributed by atoms with E-state index >= 15 is 0 Å². The summed E-state index contributed by atoms with van der Waals surface area (Å²) >= 11 is 1.62. The Morgan fingerprint density at radius 2 is 1.92 bits per heavy atom. The molecule has 5 nitrogen and oxygen atoms in total. The fourth-order valence-corrected chi connectivity index (χ4v) is 3.22. The van der Waals surface area contributed by atoms with Crippen LogP contribution in [0, 0.1) is 0 Å². The van der Waals surface area contributed by atoms with Gasteiger partial charge in [-0.25, -0.2) is 0 Å². The Morgan fingerprint density at radius 1 is 1.12 bits per heavy atom. The minimum Gasteiger partial charge on any atom is -0.332 e. The number of hydrogen-bond donors (Lipinski definition) is 1. The van der Waals surface area contributed by atoms with E-state index in [2.05, 4.69) is 15.1 Å². The Kier molecular flexibility index (Phi) is 5.63. The Morgan fingerprint density at radius 3 is 2.60 bits per heavy atom. The lowest BCUT2D eigenvalue weighted by atomic mass is 10.2. The summed E-state index contributed by atoms with van der Waals surface area (Å²) in [5.41, 5.74) is 2.45. The van der Waals surface area contributed by atoms with Gasteiger partial charge in [-0.05, 0) is 37.2 Å². The minimum absolute atomic E-state index is 0.0511. The number of carbonyl (C=O) groups excluding carboxylic acids is 1. The molecular formula is C19H22N4OS. The second-order valence-electron chi connectivity index (χ2n) is 6.16. The molecule has 2 aromatic heterocycles. The number of amides is 1. The molecule has 1 amide bonds. The van der Waals surface area contributed by atoms with Crippen molar-refractivity contribution in [1.29, 1.82) is 0 Å². The number of nitrogens with one attached hydrogen (secondary N) is 1. The normalized spacial score (nSPS) is 11.0. The topological polar surface area (TPSA) is 52.2 Å². The summed E-state index contributed by atoms with van der Waals surface area (Å²) in [7, 11) is 4.02. The van der Waals surface area contributed by atoms with E-state index in [1.165, 1.54) is 0 Å². The summed E-state index contributed by atoms with van der Waals surface area (Å²) in [5.74, 6) is -0.0511. The third-order valence-corrected chi connectivity index (χ3v) is 4.81. The molecule has 0 saturated carbocycles. The molecule has 0 fully saturated rings. The van der Waals surface area contributed by atoms with Crippen molar-refractivity contribution in [3.63, 3.8) is 0 Å². The maximum atomic E-state index is 13.0. The van der Waals surface area contributed by atoms with Crippen LogP contribution >= 0.6 is 11.3 Å². The van der Waals surface area contributed by atoms with Crippen LogP contribution in [-0.2, 0) is 6.54 Å². The second-order valence-corrected chi connectivity index (χ2v) is 7.11. The summed E-state index contributed by atoms with van der Waals surface area (Å²) < 4.78 is 0. The van der Waals surface area contributed by atoms with Gasteiger partial charge >= 0.3 is 0 Å². The van der Waals surface area contributed by atoms with Crippen LogP contribution in [0.3, 0.4) is 0 Å². The number of thiophene rings is 1. The zero-order valence-corrected chi connectivity index (χ0v) is 15.3. The molecule has 0 aliphatic carbocycles. The lowest BCUT2D eigenvalue weighted by Crippen LogP contribution is -2.36. The summed E-state index contributed by atoms with van der Waals surface area (Å²) in [4.78, 5) is 18.0. The summed E-state index contributed by atoms with van der Waals surface area (Å²) in [6, 6.07) is 15.9. The Hall–Kier alpha value is -2.44. The number of carbonyl (C=O) groups is 1. The van der Waals surface area contributed by atoms with Crippen molar-refractivity contribution in [1.82, 2.24) is 20.0 Å². The maximum Gasteiger partial charge on any atom is 0.274 e. The van der Waals surface area contributed by atoms with Crippen LogP contribution in [0.4, 0.5) is 0 Å². The molecule has 0 spiro atoms. The fraction of sp³-hybridized carbons (Fsp3) is 0.263. The smallest absolute Gasteiger partial charge is 0.274 e. The predicted molar refractivity (Wildman–Crippen MR) is 102 cm³/mol. The summed E-state index contributed by atoms with van der Waals surface area (Å²) in [6.45, 7) is 2.04. The van der Waals surface area contributed by atoms with Crippen LogP contribution in [0.5, 0.6) is 0 Å². The van der Waals surface area contributed by atoms with Crippen LogP contribution in [0.15, 0.2) is 53.9 Å². The Balaban J connectivity index is 1.78. The lowest BCUT2D eigenvalue weighted by molar-refractivity contribution is 0.0726. The predicted octanol–water partition coefficient (Wildman–Crippen LogP) is 3.34. The lowest BCUT2D eigenvalue weighted by Gasteiger charge is -2.23. The van der Waals surface area contributed by atoms with Gasteiger partial charge in [0.05, 0.1) is 10.6 Å². The number of rotatable bonds is 7. The van der Waals surface area contributed by atoms with Crippen molar-refractivity contribution in [3.8, 4) is 10.6 Å². The van der Waals surface area contributed by atoms with Gasteiger partial charge in [0.15, 0.2) is 5.69 Å². The van der Waals surface area contributed by atoms with Crippen molar-refractivity contribution in [2.45, 2.75) is 6.54 Å². The molecule has 3 aromatic rings. The Bertz CT molecular complexity index is 796. The third-order valence-electron chi connectivity index (χ3n) is 3.90. The van der Waals surface area contributed by atoms with Crippen LogP contribution in [0.25, 0.3) is 10.6 Å². The van der Waals surface area contributed by atoms with E-state index in [0.29, 0.717) is 18.8 Å². The van der Waals surface area contributed by atoms with Crippen LogP contribution in [-0.4, -0.2) is 53.1 Å². The molecular weight excluding hydrogens is 332 g/mol. The van der Waals surface area contributed by atoms with Crippen molar-refractivity contribution in [2.24, 2.45) is 0 Å². The molecule has 6 heteroatoms. The molecule has 0 unspecified atom stereocenters. The van der Waals surface area contributed by atoms with E-state index in [9.17, 15) is 4.79 Å². The van der Waals surface area contributed by atoms with Crippen molar-refractivity contribution in [2.75, 3.05) is 27.2 Å². The molecule has 2 heterocycles. The molecule has 0 bridgehead atoms. The average Bonchev–Trinajstić information content (AvgIpc) is 3.29. The van der Waals surface area contributed by atoms with Gasteiger partial charge in [0.25, 0.3) is 5.91 Å². The number of likely N-dealkylation sites (N-methyl/N-ethyl adjacent to an activating group) is 1. The zero-order valence-electron chi connectivity index (χ0n) is 14.5. The highest BCUT2D eigenvalue weighted by Crippen LogP contribution is 2.23. The molecule has 3 rings (SSSR count). The highest BCUT2D eigenvalue weighted by molar-refractivity contribution is 7.13. The molecule has 1 N–H and O–H groups in total. The van der Waals surface area contributed by atoms with Crippen LogP contribution < -0.4 is 0 Å². The minimum atomic E-state index is -0.0511. The highest BCUT2D eigenvalue weighted by atomic mass is 32.1. The van der Waals surface area contributed by atoms with E-state index in [1.54, 1.807) is 11.3 Å². The van der Waals surface area contributed by atoms with Gasteiger partial charge in [-0.1, -0.05) is 36.4 Å². The van der Waals surface area contributed by atoms with E-state index in [-0.39, 0.29) is 5.91 Å². The SMILES string of the molecule is CN(C)CCN(Cc1ccccc1)C(=O)c1cc(-c2cccs2)[nH]n1. The molecule has 25 heavy (non-hydrogen) atoms. The van der Waals surface area contributed by atoms with E-state index in [4.69, 9.17) is 0 Å². The van der Waals surface area contributed by atoms with Crippen molar-refractivity contribution >= 4 is 17.2 Å². The summed E-state index contributed by atoms with van der Waals surface area (Å²) in [6.07, 6.45) is 0. The quantitative estimate of drug-likeness (QED) is 0.708. The average molecular weight is 354 g/mol. The maximum absolute atomic E-state index is 13.0. The highest BCUT2D eigenvalue weighted by Gasteiger charge is 2.19. The number of benzene rings is 1. The zero-order chi connectivity index (χ0) is 17.6. The number of hydrogen-bond acceptors (Lipinski definition) is 4. The van der Waals surface area contributed by atoms with Gasteiger partial charge in [0.1, 0.15) is 0 Å². The molecule has 1 aromatic carbocycles. The number of aromatic nitrogens is 2. The first-order valence-electron chi connectivity index (χ1n) is 8.20. The fourth-order valence-electron chi connectivity index (χ4n) is 2.53. The van der Waals surface area contributed by atoms with Crippen LogP contribution in [0.2, 0.25) is 0 Å². The molecule has 0 aliphatic heterocycles. The standard InChI is InChI=1S/C19H22N4OS/c1-22(2)10-11-23(14-15-7-4-3-5-8-15)19(24)17-13-16(20-21-17)18-9-6-12-25-18/h3-9,12-13H,10-11,14H2,1-2H3,(H,20,21). The number of aromatic amines is 1. The molecule has 0 radical (unpaired) electrons. The van der Waals surface area contributed by atoms with Gasteiger partial charge in [0, 0.05) is 19.6 Å². The van der Waals surface area contributed by atoms with E-state index < -0.39 is 0 Å². The van der Waals surface area contributed by atoms with Gasteiger partial charge in [-0.3, -0.25) is 9.89 Å². The first-order valence-corrected chi connectivity index (χ1v) is 9.08. The van der Waals surface area contributed by atoms with Gasteiger partial charge in [0.2, 0.25) is 0 Å². The van der Waals surface area contributed by atoms with Gasteiger partial charge in [-0.15, -0.1) is 11.3 Å². The van der Waals surface area contributed by atoms with Crippen molar-refractivity contribution in [3.05, 3.63) is 65.2 Å². The largest absolute Gasteiger partial charge is 0.332 e. The molecule has 0 saturated heterocycles. The molecule has 0 atom stereocenters. The Labute approximate surface area is 151 Å². The molecule has 130 valence electrons. The third kappa shape index (κ3) is 4.55. The second kappa shape index (κ2) is 8.09. The van der Waals surface area contributed by atoms with E-state index in [0.717, 1.165) is 22.7 Å². The number of H-pyrrole nitrogens is 1. The number of nitrogens with zero attached hydrogens (tertiary/aromatic N) is 3. The van der Waals surface area contributed by atoms with Gasteiger partial charge in [-0.2, -0.15) is 5.10 Å². The first-order chi connectivity index (χ1) is 12.1. The van der Waals surface area contributed by atoms with E-state index in [1.807, 2.05) is 72.9 Å².